The Labute approximate surface area is 50.5 Å². The van der Waals surface area contributed by atoms with E-state index in [0.29, 0.717) is 0 Å². The van der Waals surface area contributed by atoms with Crippen molar-refractivity contribution < 1.29 is 9.68 Å². The number of unbranched alkanes of at least 4 members (excludes halogenated alkanes) is 1. The van der Waals surface area contributed by atoms with Crippen LogP contribution in [0.15, 0.2) is 12.3 Å². The van der Waals surface area contributed by atoms with Crippen LogP contribution < -0.4 is 0 Å². The largest absolute Gasteiger partial charge is 0.545 e. The van der Waals surface area contributed by atoms with Crippen LogP contribution in [-0.4, -0.2) is 12.7 Å². The minimum Gasteiger partial charge on any atom is -0.545 e. The Morgan fingerprint density at radius 2 is 2.50 bits per heavy atom. The first-order chi connectivity index (χ1) is 3.91. The highest BCUT2D eigenvalue weighted by Gasteiger charge is 1.74. The van der Waals surface area contributed by atoms with E-state index in [1.807, 2.05) is 6.08 Å². The number of rotatable bonds is 4. The van der Waals surface area contributed by atoms with Crippen LogP contribution in [0.1, 0.15) is 19.8 Å². The van der Waals surface area contributed by atoms with Crippen molar-refractivity contribution in [2.75, 3.05) is 0 Å². The van der Waals surface area contributed by atoms with Crippen LogP contribution in [0.25, 0.3) is 0 Å². The third-order valence-corrected chi connectivity index (χ3v) is 0.722. The minimum absolute atomic E-state index is 0.222. The quantitative estimate of drug-likeness (QED) is 0.427. The van der Waals surface area contributed by atoms with Gasteiger partial charge < -0.3 is 9.68 Å². The highest BCUT2D eigenvalue weighted by atomic mass is 16.5. The maximum atomic E-state index is 8.09. The summed E-state index contributed by atoms with van der Waals surface area (Å²) in [6, 6.07) is 0. The van der Waals surface area contributed by atoms with Crippen LogP contribution in [0.5, 0.6) is 0 Å². The van der Waals surface area contributed by atoms with Crippen LogP contribution in [0, 0.1) is 0 Å². The monoisotopic (exact) mass is 114 g/mol. The van der Waals surface area contributed by atoms with Gasteiger partial charge in [0, 0.05) is 0 Å². The molecular formula is C5H11BO2. The van der Waals surface area contributed by atoms with Gasteiger partial charge in [0.05, 0.1) is 6.26 Å². The summed E-state index contributed by atoms with van der Waals surface area (Å²) in [6.45, 7) is 2.09. The van der Waals surface area contributed by atoms with Gasteiger partial charge in [-0.1, -0.05) is 19.4 Å². The Kier molecular flexibility index (Phi) is 6.21. The molecule has 0 atom stereocenters. The molecule has 0 unspecified atom stereocenters. The minimum atomic E-state index is -0.222. The van der Waals surface area contributed by atoms with Gasteiger partial charge in [0.2, 0.25) is 0 Å². The molecule has 1 N–H and O–H groups in total. The predicted octanol–water partition coefficient (Wildman–Crippen LogP) is 0.576. The Hall–Kier alpha value is -0.435. The molecule has 0 saturated carbocycles. The first-order valence-corrected chi connectivity index (χ1v) is 2.79. The van der Waals surface area contributed by atoms with Crippen molar-refractivity contribution in [2.45, 2.75) is 19.8 Å². The van der Waals surface area contributed by atoms with Crippen molar-refractivity contribution in [2.24, 2.45) is 0 Å². The van der Waals surface area contributed by atoms with Crippen LogP contribution in [-0.2, 0) is 4.65 Å². The molecule has 0 bridgehead atoms. The summed E-state index contributed by atoms with van der Waals surface area (Å²) < 4.78 is 4.51. The van der Waals surface area contributed by atoms with Gasteiger partial charge in [0.15, 0.2) is 0 Å². The summed E-state index contributed by atoms with van der Waals surface area (Å²) in [4.78, 5) is 0. The molecule has 8 heavy (non-hydrogen) atoms. The van der Waals surface area contributed by atoms with E-state index in [1.54, 1.807) is 0 Å². The molecule has 0 aliphatic carbocycles. The van der Waals surface area contributed by atoms with Crippen molar-refractivity contribution in [3.05, 3.63) is 12.3 Å². The molecule has 3 heteroatoms. The zero-order valence-corrected chi connectivity index (χ0v) is 5.13. The van der Waals surface area contributed by atoms with Gasteiger partial charge in [-0.15, -0.1) is 0 Å². The summed E-state index contributed by atoms with van der Waals surface area (Å²) in [5.74, 6) is 0. The van der Waals surface area contributed by atoms with E-state index in [4.69, 9.17) is 5.02 Å². The van der Waals surface area contributed by atoms with Gasteiger partial charge in [-0.3, -0.25) is 0 Å². The molecule has 0 rings (SSSR count). The molecule has 2 nitrogen and oxygen atoms in total. The number of allylic oxidation sites excluding steroid dienone is 1. The number of hydrogen-bond acceptors (Lipinski definition) is 2. The molecule has 0 spiro atoms. The molecule has 0 aromatic heterocycles. The zero-order chi connectivity index (χ0) is 6.24. The lowest BCUT2D eigenvalue weighted by Crippen LogP contribution is -1.86. The Morgan fingerprint density at radius 1 is 1.75 bits per heavy atom. The van der Waals surface area contributed by atoms with E-state index in [9.17, 15) is 0 Å². The highest BCUT2D eigenvalue weighted by molar-refractivity contribution is 6.16. The second kappa shape index (κ2) is 6.56. The summed E-state index contributed by atoms with van der Waals surface area (Å²) in [6.07, 6.45) is 5.53. The average Bonchev–Trinajstić information content (AvgIpc) is 1.81. The third-order valence-electron chi connectivity index (χ3n) is 0.722. The van der Waals surface area contributed by atoms with Gasteiger partial charge in [0.25, 0.3) is 0 Å². The Balaban J connectivity index is 2.83. The van der Waals surface area contributed by atoms with Crippen molar-refractivity contribution in [3.8, 4) is 0 Å². The molecule has 0 aliphatic heterocycles. The smallest absolute Gasteiger partial charge is 0.503 e. The van der Waals surface area contributed by atoms with Crippen molar-refractivity contribution >= 4 is 7.69 Å². The molecule has 0 aromatic rings. The van der Waals surface area contributed by atoms with E-state index >= 15 is 0 Å². The first-order valence-electron chi connectivity index (χ1n) is 2.79. The lowest BCUT2D eigenvalue weighted by atomic mass is 10.3. The summed E-state index contributed by atoms with van der Waals surface area (Å²) in [5.41, 5.74) is 0. The van der Waals surface area contributed by atoms with Crippen LogP contribution in [0.2, 0.25) is 0 Å². The molecule has 0 fully saturated rings. The molecule has 0 saturated heterocycles. The van der Waals surface area contributed by atoms with Crippen molar-refractivity contribution in [1.29, 1.82) is 0 Å². The Bertz CT molecular complexity index is 55.4. The van der Waals surface area contributed by atoms with Gasteiger partial charge in [-0.2, -0.15) is 0 Å². The van der Waals surface area contributed by atoms with Crippen molar-refractivity contribution in [3.63, 3.8) is 0 Å². The van der Waals surface area contributed by atoms with Gasteiger partial charge in [-0.05, 0) is 6.42 Å². The average molecular weight is 114 g/mol. The van der Waals surface area contributed by atoms with Gasteiger partial charge in [0.1, 0.15) is 0 Å². The normalized spacial score (nSPS) is 9.75. The topological polar surface area (TPSA) is 29.5 Å². The maximum Gasteiger partial charge on any atom is 0.503 e. The molecule has 46 valence electrons. The lowest BCUT2D eigenvalue weighted by Gasteiger charge is -1.87. The predicted molar refractivity (Wildman–Crippen MR) is 34.5 cm³/mol. The van der Waals surface area contributed by atoms with E-state index in [2.05, 4.69) is 11.6 Å². The van der Waals surface area contributed by atoms with E-state index < -0.39 is 0 Å². The van der Waals surface area contributed by atoms with Gasteiger partial charge in [-0.25, -0.2) is 0 Å². The van der Waals surface area contributed by atoms with Crippen LogP contribution >= 0.6 is 0 Å². The molecule has 0 radical (unpaired) electrons. The fourth-order valence-corrected chi connectivity index (χ4v) is 0.346. The van der Waals surface area contributed by atoms with E-state index in [-0.39, 0.29) is 7.69 Å². The fourth-order valence-electron chi connectivity index (χ4n) is 0.346. The molecule has 0 heterocycles. The molecular weight excluding hydrogens is 103 g/mol. The van der Waals surface area contributed by atoms with E-state index in [0.717, 1.165) is 12.8 Å². The summed E-state index contributed by atoms with van der Waals surface area (Å²) >= 11 is 0. The number of hydrogen-bond donors (Lipinski definition) is 1. The van der Waals surface area contributed by atoms with Crippen molar-refractivity contribution in [1.82, 2.24) is 0 Å². The van der Waals surface area contributed by atoms with Gasteiger partial charge >= 0.3 is 7.69 Å². The molecule has 0 aromatic carbocycles. The second-order valence-electron chi connectivity index (χ2n) is 1.46. The highest BCUT2D eigenvalue weighted by Crippen LogP contribution is 1.87. The molecule has 0 aliphatic rings. The SMILES string of the molecule is CCC/C=C/OBO. The lowest BCUT2D eigenvalue weighted by molar-refractivity contribution is 0.405. The first kappa shape index (κ1) is 7.56. The summed E-state index contributed by atoms with van der Waals surface area (Å²) in [7, 11) is -0.222. The van der Waals surface area contributed by atoms with E-state index in [1.165, 1.54) is 6.26 Å². The fraction of sp³-hybridized carbons (Fsp3) is 0.600. The zero-order valence-electron chi connectivity index (χ0n) is 5.13. The second-order valence-corrected chi connectivity index (χ2v) is 1.46. The third kappa shape index (κ3) is 5.56. The maximum absolute atomic E-state index is 8.09. The van der Waals surface area contributed by atoms with Crippen LogP contribution in [0.3, 0.4) is 0 Å². The van der Waals surface area contributed by atoms with Crippen LogP contribution in [0.4, 0.5) is 0 Å². The Morgan fingerprint density at radius 3 is 3.00 bits per heavy atom. The standard InChI is InChI=1S/C5H11BO2/c1-2-3-4-5-8-6-7/h4-7H,2-3H2,1H3/b5-4+. The summed E-state index contributed by atoms with van der Waals surface area (Å²) in [5, 5.41) is 8.09. The molecule has 0 amide bonds.